The van der Waals surface area contributed by atoms with Gasteiger partial charge in [-0.3, -0.25) is 4.79 Å². The summed E-state index contributed by atoms with van der Waals surface area (Å²) in [6.45, 7) is 7.68. The molecule has 1 aliphatic rings. The van der Waals surface area contributed by atoms with Crippen LogP contribution in [-0.4, -0.2) is 38.6 Å². The van der Waals surface area contributed by atoms with Crippen molar-refractivity contribution in [2.45, 2.75) is 6.92 Å². The van der Waals surface area contributed by atoms with E-state index in [4.69, 9.17) is 11.6 Å². The lowest BCUT2D eigenvalue weighted by Gasteiger charge is -2.33. The first-order valence-electron chi connectivity index (χ1n) is 9.08. The van der Waals surface area contributed by atoms with Gasteiger partial charge < -0.3 is 15.1 Å². The Kier molecular flexibility index (Phi) is 6.31. The lowest BCUT2D eigenvalue weighted by Crippen LogP contribution is -3.14. The summed E-state index contributed by atoms with van der Waals surface area (Å²) in [4.78, 5) is 16.1. The van der Waals surface area contributed by atoms with Crippen LogP contribution in [0.5, 0.6) is 0 Å². The van der Waals surface area contributed by atoms with Crippen LogP contribution in [0.25, 0.3) is 6.08 Å². The quantitative estimate of drug-likeness (QED) is 0.794. The first-order chi connectivity index (χ1) is 12.7. The van der Waals surface area contributed by atoms with Gasteiger partial charge in [0.1, 0.15) is 0 Å². The molecule has 0 saturated carbocycles. The van der Waals surface area contributed by atoms with E-state index in [1.807, 2.05) is 48.5 Å². The second-order valence-corrected chi connectivity index (χ2v) is 6.90. The van der Waals surface area contributed by atoms with E-state index < -0.39 is 0 Å². The van der Waals surface area contributed by atoms with Crippen molar-refractivity contribution in [3.8, 4) is 0 Å². The minimum absolute atomic E-state index is 0.169. The highest BCUT2D eigenvalue weighted by molar-refractivity contribution is 6.33. The van der Waals surface area contributed by atoms with E-state index in [2.05, 4.69) is 17.1 Å². The molecule has 0 radical (unpaired) electrons. The minimum atomic E-state index is -0.169. The van der Waals surface area contributed by atoms with Gasteiger partial charge in [-0.1, -0.05) is 41.9 Å². The molecule has 2 aromatic carbocycles. The topological polar surface area (TPSA) is 36.8 Å². The third kappa shape index (κ3) is 4.87. The molecule has 1 heterocycles. The zero-order valence-corrected chi connectivity index (χ0v) is 15.8. The van der Waals surface area contributed by atoms with E-state index in [1.54, 1.807) is 11.0 Å². The Morgan fingerprint density at radius 3 is 2.58 bits per heavy atom. The van der Waals surface area contributed by atoms with Gasteiger partial charge in [0.15, 0.2) is 0 Å². The summed E-state index contributed by atoms with van der Waals surface area (Å²) in [5.74, 6) is -0.169. The van der Waals surface area contributed by atoms with Crippen molar-refractivity contribution < 1.29 is 9.69 Å². The van der Waals surface area contributed by atoms with Crippen molar-refractivity contribution in [1.82, 2.24) is 0 Å². The molecule has 0 aromatic heterocycles. The molecule has 136 valence electrons. The first kappa shape index (κ1) is 18.5. The van der Waals surface area contributed by atoms with Crippen molar-refractivity contribution in [2.24, 2.45) is 0 Å². The number of benzene rings is 2. The van der Waals surface area contributed by atoms with Crippen LogP contribution in [-0.2, 0) is 4.79 Å². The fraction of sp³-hybridized carbons (Fsp3) is 0.286. The highest BCUT2D eigenvalue weighted by Gasteiger charge is 2.20. The van der Waals surface area contributed by atoms with E-state index in [-0.39, 0.29) is 5.91 Å². The van der Waals surface area contributed by atoms with E-state index in [9.17, 15) is 4.79 Å². The number of nitrogens with zero attached hydrogens (tertiary/aromatic N) is 1. The number of rotatable bonds is 5. The lowest BCUT2D eigenvalue weighted by molar-refractivity contribution is -0.898. The fourth-order valence-corrected chi connectivity index (χ4v) is 3.48. The normalized spacial score (nSPS) is 15.4. The van der Waals surface area contributed by atoms with Crippen LogP contribution in [0.1, 0.15) is 12.5 Å². The monoisotopic (exact) mass is 370 g/mol. The van der Waals surface area contributed by atoms with Crippen LogP contribution in [0.15, 0.2) is 54.6 Å². The molecule has 1 amide bonds. The summed E-state index contributed by atoms with van der Waals surface area (Å²) in [7, 11) is 0. The van der Waals surface area contributed by atoms with E-state index in [0.717, 1.165) is 37.4 Å². The lowest BCUT2D eigenvalue weighted by atomic mass is 10.2. The molecule has 2 aromatic rings. The predicted octanol–water partition coefficient (Wildman–Crippen LogP) is 2.72. The number of likely N-dealkylation sites (N-methyl/N-ethyl adjacent to an activating group) is 1. The van der Waals surface area contributed by atoms with E-state index in [1.165, 1.54) is 12.6 Å². The zero-order valence-electron chi connectivity index (χ0n) is 15.0. The standard InChI is InChI=1S/C21H24ClN3O/c1-2-24-12-14-25(15-13-24)20-10-9-18(16-19(20)22)23-21(26)11-8-17-6-4-3-5-7-17/h3-11,16H,2,12-15H2,1H3,(H,23,26)/p+1/b11-8+. The van der Waals surface area contributed by atoms with Gasteiger partial charge in [-0.15, -0.1) is 0 Å². The molecule has 5 heteroatoms. The Labute approximate surface area is 160 Å². The van der Waals surface area contributed by atoms with Gasteiger partial charge in [-0.05, 0) is 36.8 Å². The van der Waals surface area contributed by atoms with Gasteiger partial charge in [0.05, 0.1) is 43.4 Å². The predicted molar refractivity (Wildman–Crippen MR) is 109 cm³/mol. The molecule has 2 N–H and O–H groups in total. The van der Waals surface area contributed by atoms with Crippen LogP contribution in [0, 0.1) is 0 Å². The van der Waals surface area contributed by atoms with Gasteiger partial charge in [-0.2, -0.15) is 0 Å². The number of hydrogen-bond donors (Lipinski definition) is 2. The zero-order chi connectivity index (χ0) is 18.4. The van der Waals surface area contributed by atoms with Crippen LogP contribution in [0.2, 0.25) is 5.02 Å². The maximum Gasteiger partial charge on any atom is 0.248 e. The molecule has 0 aliphatic carbocycles. The molecule has 4 nitrogen and oxygen atoms in total. The number of carbonyl (C=O) groups is 1. The maximum atomic E-state index is 12.1. The average Bonchev–Trinajstić information content (AvgIpc) is 2.67. The van der Waals surface area contributed by atoms with Crippen molar-refractivity contribution in [2.75, 3.05) is 42.9 Å². The molecular weight excluding hydrogens is 346 g/mol. The van der Waals surface area contributed by atoms with Crippen molar-refractivity contribution in [1.29, 1.82) is 0 Å². The molecule has 26 heavy (non-hydrogen) atoms. The second kappa shape index (κ2) is 8.88. The van der Waals surface area contributed by atoms with Crippen molar-refractivity contribution in [3.63, 3.8) is 0 Å². The molecule has 0 atom stereocenters. The second-order valence-electron chi connectivity index (χ2n) is 6.49. The van der Waals surface area contributed by atoms with Crippen molar-refractivity contribution >= 4 is 35.0 Å². The molecule has 0 bridgehead atoms. The smallest absolute Gasteiger partial charge is 0.248 e. The third-order valence-corrected chi connectivity index (χ3v) is 5.06. The number of anilines is 2. The molecule has 1 saturated heterocycles. The number of piperazine rings is 1. The molecule has 0 unspecified atom stereocenters. The number of amides is 1. The van der Waals surface area contributed by atoms with Crippen LogP contribution in [0.4, 0.5) is 11.4 Å². The van der Waals surface area contributed by atoms with Gasteiger partial charge in [0.2, 0.25) is 5.91 Å². The van der Waals surface area contributed by atoms with Gasteiger partial charge >= 0.3 is 0 Å². The third-order valence-electron chi connectivity index (χ3n) is 4.75. The molecular formula is C21H25ClN3O+. The van der Waals surface area contributed by atoms with Gasteiger partial charge in [-0.25, -0.2) is 0 Å². The molecule has 3 rings (SSSR count). The first-order valence-corrected chi connectivity index (χ1v) is 9.45. The maximum absolute atomic E-state index is 12.1. The van der Waals surface area contributed by atoms with Crippen LogP contribution >= 0.6 is 11.6 Å². The summed E-state index contributed by atoms with van der Waals surface area (Å²) in [6, 6.07) is 15.5. The summed E-state index contributed by atoms with van der Waals surface area (Å²) >= 11 is 6.47. The Bertz CT molecular complexity index is 768. The summed E-state index contributed by atoms with van der Waals surface area (Å²) in [6.07, 6.45) is 3.32. The molecule has 1 aliphatic heterocycles. The van der Waals surface area contributed by atoms with E-state index >= 15 is 0 Å². The minimum Gasteiger partial charge on any atom is -0.359 e. The molecule has 0 spiro atoms. The number of nitrogens with one attached hydrogen (secondary N) is 2. The van der Waals surface area contributed by atoms with Crippen LogP contribution < -0.4 is 15.1 Å². The van der Waals surface area contributed by atoms with Crippen LogP contribution in [0.3, 0.4) is 0 Å². The summed E-state index contributed by atoms with van der Waals surface area (Å²) < 4.78 is 0. The highest BCUT2D eigenvalue weighted by atomic mass is 35.5. The van der Waals surface area contributed by atoms with Crippen molar-refractivity contribution in [3.05, 3.63) is 65.2 Å². The van der Waals surface area contributed by atoms with E-state index in [0.29, 0.717) is 10.7 Å². The Balaban J connectivity index is 1.60. The number of carbonyl (C=O) groups excluding carboxylic acids is 1. The van der Waals surface area contributed by atoms with Gasteiger partial charge in [0.25, 0.3) is 0 Å². The summed E-state index contributed by atoms with van der Waals surface area (Å²) in [5, 5.41) is 3.54. The fourth-order valence-electron chi connectivity index (χ4n) is 3.18. The average molecular weight is 371 g/mol. The highest BCUT2D eigenvalue weighted by Crippen LogP contribution is 2.29. The SMILES string of the molecule is CC[NH+]1CCN(c2ccc(NC(=O)/C=C/c3ccccc3)cc2Cl)CC1. The number of hydrogen-bond acceptors (Lipinski definition) is 2. The number of halogens is 1. The molecule has 1 fully saturated rings. The Morgan fingerprint density at radius 1 is 1.19 bits per heavy atom. The summed E-state index contributed by atoms with van der Waals surface area (Å²) in [5.41, 5.74) is 2.74. The number of quaternary nitrogens is 1. The Hall–Kier alpha value is -2.30. The Morgan fingerprint density at radius 2 is 1.92 bits per heavy atom. The largest absolute Gasteiger partial charge is 0.359 e. The van der Waals surface area contributed by atoms with Gasteiger partial charge in [0, 0.05) is 11.8 Å².